The average Bonchev–Trinajstić information content (AvgIpc) is 3.74. The maximum absolute atomic E-state index is 8.73. The van der Waals surface area contributed by atoms with Crippen LogP contribution in [0.4, 0.5) is 0 Å². The first-order chi connectivity index (χ1) is 26.4. The van der Waals surface area contributed by atoms with E-state index in [0.717, 1.165) is 77.3 Å². The maximum Gasteiger partial charge on any atom is 0.235 e. The van der Waals surface area contributed by atoms with Gasteiger partial charge in [-0.3, -0.25) is 4.57 Å². The highest BCUT2D eigenvalue weighted by atomic mass is 15.2. The summed E-state index contributed by atoms with van der Waals surface area (Å²) in [5.74, 6) is 0.599. The normalized spacial score (nSPS) is 12.7. The molecule has 0 bridgehead atoms. The van der Waals surface area contributed by atoms with Gasteiger partial charge < -0.3 is 4.57 Å². The maximum atomic E-state index is 8.73. The Bertz CT molecular complexity index is 3040. The number of aromatic nitrogens is 4. The Balaban J connectivity index is 1.17. The second-order valence-electron chi connectivity index (χ2n) is 12.4. The Hall–Kier alpha value is -6.78. The molecule has 0 radical (unpaired) electrons. The first-order valence-electron chi connectivity index (χ1n) is 18.6. The zero-order valence-corrected chi connectivity index (χ0v) is 26.8. The van der Waals surface area contributed by atoms with Crippen LogP contribution in [0.25, 0.3) is 88.9 Å². The monoisotopic (exact) mass is 642 g/mol. The van der Waals surface area contributed by atoms with Gasteiger partial charge in [-0.1, -0.05) is 127 Å². The number of hydrogen-bond donors (Lipinski definition) is 0. The average molecular weight is 643 g/mol. The van der Waals surface area contributed by atoms with E-state index in [4.69, 9.17) is 15.5 Å². The first-order valence-corrected chi connectivity index (χ1v) is 16.6. The number of nitrogens with zero attached hydrogens (tertiary/aromatic N) is 4. The Labute approximate surface area is 294 Å². The molecule has 0 amide bonds. The summed E-state index contributed by atoms with van der Waals surface area (Å²) in [5.41, 5.74) is 10.00. The molecule has 0 N–H and O–H groups in total. The largest absolute Gasteiger partial charge is 0.309 e. The van der Waals surface area contributed by atoms with Gasteiger partial charge >= 0.3 is 0 Å². The summed E-state index contributed by atoms with van der Waals surface area (Å²) in [6.07, 6.45) is 0. The van der Waals surface area contributed by atoms with Gasteiger partial charge in [0.1, 0.15) is 0 Å². The molecule has 4 heteroatoms. The van der Waals surface area contributed by atoms with Crippen molar-refractivity contribution in [2.75, 3.05) is 0 Å². The minimum Gasteiger partial charge on any atom is -0.309 e. The fraction of sp³-hybridized carbons (Fsp3) is 0. The fourth-order valence-electron chi connectivity index (χ4n) is 7.22. The third-order valence-electron chi connectivity index (χ3n) is 9.51. The highest BCUT2D eigenvalue weighted by molar-refractivity contribution is 6.12. The third-order valence-corrected chi connectivity index (χ3v) is 9.51. The van der Waals surface area contributed by atoms with Crippen LogP contribution < -0.4 is 0 Å². The highest BCUT2D eigenvalue weighted by Gasteiger charge is 2.18. The Morgan fingerprint density at radius 3 is 1.48 bits per heavy atom. The van der Waals surface area contributed by atoms with Crippen molar-refractivity contribution in [1.82, 2.24) is 19.1 Å². The van der Waals surface area contributed by atoms with Crippen LogP contribution in [-0.2, 0) is 0 Å². The zero-order valence-electron chi connectivity index (χ0n) is 30.8. The number of benzene rings is 7. The van der Waals surface area contributed by atoms with Crippen LogP contribution in [0.2, 0.25) is 0 Å². The molecule has 10 rings (SSSR count). The number of hydrogen-bond acceptors (Lipinski definition) is 2. The molecule has 0 saturated carbocycles. The van der Waals surface area contributed by atoms with E-state index in [9.17, 15) is 0 Å². The molecule has 0 aliphatic rings. The molecule has 0 atom stereocenters. The van der Waals surface area contributed by atoms with Crippen LogP contribution >= 0.6 is 0 Å². The molecule has 0 spiro atoms. The lowest BCUT2D eigenvalue weighted by molar-refractivity contribution is 0.995. The van der Waals surface area contributed by atoms with Crippen LogP contribution in [0, 0.1) is 0 Å². The van der Waals surface area contributed by atoms with E-state index in [1.807, 2.05) is 65.2 Å². The minimum atomic E-state index is -0.249. The van der Waals surface area contributed by atoms with E-state index in [2.05, 4.69) is 95.6 Å². The van der Waals surface area contributed by atoms with Gasteiger partial charge in [0.2, 0.25) is 5.95 Å². The Morgan fingerprint density at radius 1 is 0.380 bits per heavy atom. The van der Waals surface area contributed by atoms with Crippen molar-refractivity contribution in [3.63, 3.8) is 0 Å². The van der Waals surface area contributed by atoms with Crippen molar-refractivity contribution >= 4 is 43.6 Å². The van der Waals surface area contributed by atoms with Gasteiger partial charge in [0.05, 0.1) is 38.9 Å². The molecule has 7 aromatic carbocycles. The molecule has 10 aromatic rings. The zero-order chi connectivity index (χ0) is 36.5. The van der Waals surface area contributed by atoms with Gasteiger partial charge in [-0.2, -0.15) is 0 Å². The van der Waals surface area contributed by atoms with Gasteiger partial charge in [0.25, 0.3) is 0 Å². The third kappa shape index (κ3) is 4.54. The van der Waals surface area contributed by atoms with Gasteiger partial charge in [0, 0.05) is 38.4 Å². The van der Waals surface area contributed by atoms with E-state index in [-0.39, 0.29) is 24.2 Å². The van der Waals surface area contributed by atoms with Crippen LogP contribution in [0.3, 0.4) is 0 Å². The lowest BCUT2D eigenvalue weighted by Gasteiger charge is -2.12. The summed E-state index contributed by atoms with van der Waals surface area (Å²) in [7, 11) is 0. The smallest absolute Gasteiger partial charge is 0.235 e. The van der Waals surface area contributed by atoms with Crippen molar-refractivity contribution in [3.8, 4) is 45.3 Å². The molecule has 0 fully saturated rings. The van der Waals surface area contributed by atoms with Gasteiger partial charge in [0.15, 0.2) is 0 Å². The Morgan fingerprint density at radius 2 is 0.880 bits per heavy atom. The van der Waals surface area contributed by atoms with Crippen LogP contribution in [-0.4, -0.2) is 19.1 Å². The lowest BCUT2D eigenvalue weighted by Crippen LogP contribution is -2.03. The fourth-order valence-corrected chi connectivity index (χ4v) is 7.22. The molecule has 0 aliphatic heterocycles. The minimum absolute atomic E-state index is 0.0706. The van der Waals surface area contributed by atoms with Crippen molar-refractivity contribution in [1.29, 1.82) is 0 Å². The van der Waals surface area contributed by atoms with E-state index in [0.29, 0.717) is 11.6 Å². The standard InChI is InChI=1S/C46H30N4/c1-4-14-31(15-5-1)40-30-41(32-16-6-2-7-17-32)48-46(47-40)50-43-23-13-11-21-37(43)39-29-34(25-27-45(39)50)33-24-26-44-38(28-33)36-20-10-12-22-42(36)49(44)35-18-8-3-9-19-35/h1-30H/i3D,8D,9D,18D. The van der Waals surface area contributed by atoms with Gasteiger partial charge in [-0.15, -0.1) is 0 Å². The molecule has 0 unspecified atom stereocenters. The highest BCUT2D eigenvalue weighted by Crippen LogP contribution is 2.38. The summed E-state index contributed by atoms with van der Waals surface area (Å²) < 4.78 is 37.6. The summed E-state index contributed by atoms with van der Waals surface area (Å²) in [5, 5.41) is 4.18. The predicted molar refractivity (Wildman–Crippen MR) is 207 cm³/mol. The molecular weight excluding hydrogens is 609 g/mol. The summed E-state index contributed by atoms with van der Waals surface area (Å²) in [6.45, 7) is 0. The van der Waals surface area contributed by atoms with E-state index in [1.165, 1.54) is 6.07 Å². The van der Waals surface area contributed by atoms with Crippen LogP contribution in [0.5, 0.6) is 0 Å². The molecule has 0 saturated heterocycles. The molecule has 0 aliphatic carbocycles. The topological polar surface area (TPSA) is 35.6 Å². The number of rotatable bonds is 5. The van der Waals surface area contributed by atoms with Crippen molar-refractivity contribution in [2.24, 2.45) is 0 Å². The van der Waals surface area contributed by atoms with Crippen LogP contribution in [0.15, 0.2) is 182 Å². The molecule has 3 heterocycles. The SMILES string of the molecule is [2H]c1cc(-n2c3ccccc3c3cc(-c4ccc5c(c4)c4ccccc4n5-c4nc(-c5ccccc5)cc(-c5ccccc5)n4)ccc32)c([2H])c([2H])c1[2H]. The second-order valence-corrected chi connectivity index (χ2v) is 12.4. The molecule has 234 valence electrons. The summed E-state index contributed by atoms with van der Waals surface area (Å²) in [4.78, 5) is 10.3. The van der Waals surface area contributed by atoms with E-state index in [1.54, 1.807) is 0 Å². The van der Waals surface area contributed by atoms with Crippen molar-refractivity contribution in [3.05, 3.63) is 182 Å². The van der Waals surface area contributed by atoms with E-state index < -0.39 is 0 Å². The summed E-state index contributed by atoms with van der Waals surface area (Å²) in [6, 6.07) is 52.6. The van der Waals surface area contributed by atoms with Crippen molar-refractivity contribution in [2.45, 2.75) is 0 Å². The summed E-state index contributed by atoms with van der Waals surface area (Å²) >= 11 is 0. The van der Waals surface area contributed by atoms with Crippen molar-refractivity contribution < 1.29 is 5.48 Å². The second kappa shape index (κ2) is 11.4. The number of para-hydroxylation sites is 3. The molecular formula is C46H30N4. The van der Waals surface area contributed by atoms with E-state index >= 15 is 0 Å². The van der Waals surface area contributed by atoms with Crippen LogP contribution in [0.1, 0.15) is 5.48 Å². The first kappa shape index (κ1) is 24.4. The van der Waals surface area contributed by atoms with Gasteiger partial charge in [-0.25, -0.2) is 9.97 Å². The quantitative estimate of drug-likeness (QED) is 0.187. The molecule has 3 aromatic heterocycles. The molecule has 50 heavy (non-hydrogen) atoms. The van der Waals surface area contributed by atoms with Gasteiger partial charge in [-0.05, 0) is 65.7 Å². The Kier molecular flexibility index (Phi) is 5.57. The number of fused-ring (bicyclic) bond motifs is 6. The molecule has 4 nitrogen and oxygen atoms in total. The lowest BCUT2D eigenvalue weighted by atomic mass is 10.0. The predicted octanol–water partition coefficient (Wildman–Crippen LogP) is 11.7.